The molecule has 1 aromatic rings. The first-order valence-corrected chi connectivity index (χ1v) is 6.15. The summed E-state index contributed by atoms with van der Waals surface area (Å²) in [6.45, 7) is 8.74. The molecule has 2 atom stereocenters. The maximum absolute atomic E-state index is 5.53. The molecule has 1 saturated carbocycles. The molecule has 0 amide bonds. The SMILES string of the molecule is Cc1cnc(C(C)NC2CCC(C)(C)C2)o1. The fourth-order valence-corrected chi connectivity index (χ4v) is 2.58. The Morgan fingerprint density at radius 1 is 1.56 bits per heavy atom. The Kier molecular flexibility index (Phi) is 3.06. The van der Waals surface area contributed by atoms with E-state index in [0.29, 0.717) is 11.5 Å². The van der Waals surface area contributed by atoms with E-state index >= 15 is 0 Å². The van der Waals surface area contributed by atoms with E-state index in [1.54, 1.807) is 6.20 Å². The van der Waals surface area contributed by atoms with Gasteiger partial charge in [-0.1, -0.05) is 13.8 Å². The second-order valence-electron chi connectivity index (χ2n) is 5.80. The van der Waals surface area contributed by atoms with Gasteiger partial charge in [0, 0.05) is 6.04 Å². The van der Waals surface area contributed by atoms with Crippen LogP contribution in [0.1, 0.15) is 57.7 Å². The molecule has 1 aliphatic rings. The summed E-state index contributed by atoms with van der Waals surface area (Å²) in [6, 6.07) is 0.824. The Labute approximate surface area is 97.6 Å². The largest absolute Gasteiger partial charge is 0.444 e. The molecular weight excluding hydrogens is 200 g/mol. The van der Waals surface area contributed by atoms with Crippen LogP contribution in [-0.2, 0) is 0 Å². The summed E-state index contributed by atoms with van der Waals surface area (Å²) in [5.74, 6) is 1.69. The Morgan fingerprint density at radius 2 is 2.31 bits per heavy atom. The Morgan fingerprint density at radius 3 is 2.81 bits per heavy atom. The minimum atomic E-state index is 0.215. The van der Waals surface area contributed by atoms with E-state index < -0.39 is 0 Å². The van der Waals surface area contributed by atoms with Crippen molar-refractivity contribution in [3.8, 4) is 0 Å². The average molecular weight is 222 g/mol. The normalized spacial score (nSPS) is 25.9. The number of hydrogen-bond acceptors (Lipinski definition) is 3. The molecule has 3 nitrogen and oxygen atoms in total. The molecule has 90 valence electrons. The lowest BCUT2D eigenvalue weighted by Gasteiger charge is -2.20. The van der Waals surface area contributed by atoms with Crippen molar-refractivity contribution in [1.29, 1.82) is 0 Å². The van der Waals surface area contributed by atoms with E-state index in [-0.39, 0.29) is 6.04 Å². The quantitative estimate of drug-likeness (QED) is 0.853. The zero-order valence-corrected chi connectivity index (χ0v) is 10.7. The van der Waals surface area contributed by atoms with Crippen LogP contribution in [0.25, 0.3) is 0 Å². The summed E-state index contributed by atoms with van der Waals surface area (Å²) in [4.78, 5) is 4.26. The van der Waals surface area contributed by atoms with Crippen LogP contribution in [0.4, 0.5) is 0 Å². The van der Waals surface area contributed by atoms with Crippen LogP contribution in [-0.4, -0.2) is 11.0 Å². The highest BCUT2D eigenvalue weighted by molar-refractivity contribution is 4.97. The average Bonchev–Trinajstić information content (AvgIpc) is 2.73. The molecule has 0 aromatic carbocycles. The molecule has 3 heteroatoms. The predicted molar refractivity (Wildman–Crippen MR) is 64.2 cm³/mol. The highest BCUT2D eigenvalue weighted by Gasteiger charge is 2.31. The standard InChI is InChI=1S/C13H22N2O/c1-9-8-14-12(16-9)10(2)15-11-5-6-13(3,4)7-11/h8,10-11,15H,5-7H2,1-4H3. The van der Waals surface area contributed by atoms with Crippen LogP contribution >= 0.6 is 0 Å². The molecule has 16 heavy (non-hydrogen) atoms. The van der Waals surface area contributed by atoms with Gasteiger partial charge >= 0.3 is 0 Å². The van der Waals surface area contributed by atoms with Crippen molar-refractivity contribution in [3.63, 3.8) is 0 Å². The lowest BCUT2D eigenvalue weighted by Crippen LogP contribution is -2.30. The van der Waals surface area contributed by atoms with Gasteiger partial charge in [-0.3, -0.25) is 0 Å². The smallest absolute Gasteiger partial charge is 0.211 e. The van der Waals surface area contributed by atoms with Crippen LogP contribution in [0.3, 0.4) is 0 Å². The molecule has 0 aliphatic heterocycles. The van der Waals surface area contributed by atoms with E-state index in [9.17, 15) is 0 Å². The highest BCUT2D eigenvalue weighted by atomic mass is 16.4. The summed E-state index contributed by atoms with van der Waals surface area (Å²) in [7, 11) is 0. The van der Waals surface area contributed by atoms with E-state index in [4.69, 9.17) is 4.42 Å². The topological polar surface area (TPSA) is 38.1 Å². The fraction of sp³-hybridized carbons (Fsp3) is 0.769. The Bertz CT molecular complexity index is 357. The molecule has 0 spiro atoms. The van der Waals surface area contributed by atoms with Gasteiger partial charge in [0.05, 0.1) is 12.2 Å². The van der Waals surface area contributed by atoms with Gasteiger partial charge in [0.2, 0.25) is 5.89 Å². The van der Waals surface area contributed by atoms with Gasteiger partial charge in [-0.2, -0.15) is 0 Å². The third-order valence-electron chi connectivity index (χ3n) is 3.46. The minimum Gasteiger partial charge on any atom is -0.444 e. The zero-order valence-electron chi connectivity index (χ0n) is 10.7. The third-order valence-corrected chi connectivity index (χ3v) is 3.46. The van der Waals surface area contributed by atoms with Crippen LogP contribution in [0.5, 0.6) is 0 Å². The molecule has 1 aliphatic carbocycles. The van der Waals surface area contributed by atoms with Gasteiger partial charge in [-0.25, -0.2) is 4.98 Å². The maximum atomic E-state index is 5.53. The van der Waals surface area contributed by atoms with Crippen LogP contribution in [0, 0.1) is 12.3 Å². The summed E-state index contributed by atoms with van der Waals surface area (Å²) in [5, 5.41) is 3.61. The van der Waals surface area contributed by atoms with Crippen molar-refractivity contribution >= 4 is 0 Å². The lowest BCUT2D eigenvalue weighted by molar-refractivity contribution is 0.336. The van der Waals surface area contributed by atoms with Crippen molar-refractivity contribution in [3.05, 3.63) is 17.8 Å². The predicted octanol–water partition coefficient (Wildman–Crippen LogP) is 3.21. The number of rotatable bonds is 3. The van der Waals surface area contributed by atoms with Crippen molar-refractivity contribution < 1.29 is 4.42 Å². The first-order valence-electron chi connectivity index (χ1n) is 6.15. The number of oxazole rings is 1. The number of hydrogen-bond donors (Lipinski definition) is 1. The van der Waals surface area contributed by atoms with Crippen molar-refractivity contribution in [2.45, 2.75) is 59.0 Å². The molecule has 2 unspecified atom stereocenters. The first-order chi connectivity index (χ1) is 7.46. The second-order valence-corrected chi connectivity index (χ2v) is 5.80. The van der Waals surface area contributed by atoms with Gasteiger partial charge in [-0.15, -0.1) is 0 Å². The maximum Gasteiger partial charge on any atom is 0.211 e. The minimum absolute atomic E-state index is 0.215. The van der Waals surface area contributed by atoms with E-state index in [0.717, 1.165) is 11.7 Å². The van der Waals surface area contributed by atoms with Crippen LogP contribution in [0.15, 0.2) is 10.6 Å². The van der Waals surface area contributed by atoms with Crippen molar-refractivity contribution in [2.24, 2.45) is 5.41 Å². The number of aryl methyl sites for hydroxylation is 1. The first kappa shape index (κ1) is 11.6. The van der Waals surface area contributed by atoms with Crippen molar-refractivity contribution in [1.82, 2.24) is 10.3 Å². The van der Waals surface area contributed by atoms with Gasteiger partial charge in [-0.05, 0) is 38.5 Å². The lowest BCUT2D eigenvalue weighted by atomic mass is 9.92. The number of aromatic nitrogens is 1. The van der Waals surface area contributed by atoms with Crippen LogP contribution < -0.4 is 5.32 Å². The number of nitrogens with zero attached hydrogens (tertiary/aromatic N) is 1. The summed E-state index contributed by atoms with van der Waals surface area (Å²) < 4.78 is 5.53. The molecule has 1 fully saturated rings. The fourth-order valence-electron chi connectivity index (χ4n) is 2.58. The number of nitrogens with one attached hydrogen (secondary N) is 1. The van der Waals surface area contributed by atoms with Gasteiger partial charge in [0.25, 0.3) is 0 Å². The van der Waals surface area contributed by atoms with Gasteiger partial charge in [0.1, 0.15) is 5.76 Å². The summed E-state index contributed by atoms with van der Waals surface area (Å²) in [5.41, 5.74) is 0.490. The molecular formula is C13H22N2O. The molecule has 2 rings (SSSR count). The monoisotopic (exact) mass is 222 g/mol. The van der Waals surface area contributed by atoms with Crippen LogP contribution in [0.2, 0.25) is 0 Å². The summed E-state index contributed by atoms with van der Waals surface area (Å²) in [6.07, 6.45) is 5.60. The highest BCUT2D eigenvalue weighted by Crippen LogP contribution is 2.37. The van der Waals surface area contributed by atoms with E-state index in [2.05, 4.69) is 31.1 Å². The Balaban J connectivity index is 1.91. The van der Waals surface area contributed by atoms with E-state index in [1.807, 2.05) is 6.92 Å². The Hall–Kier alpha value is -0.830. The molecule has 0 bridgehead atoms. The molecule has 1 heterocycles. The molecule has 1 N–H and O–H groups in total. The molecule has 0 saturated heterocycles. The molecule has 1 aromatic heterocycles. The summed E-state index contributed by atoms with van der Waals surface area (Å²) >= 11 is 0. The zero-order chi connectivity index (χ0) is 11.8. The van der Waals surface area contributed by atoms with Gasteiger partial charge in [0.15, 0.2) is 0 Å². The second kappa shape index (κ2) is 4.21. The van der Waals surface area contributed by atoms with E-state index in [1.165, 1.54) is 19.3 Å². The third kappa shape index (κ3) is 2.64. The van der Waals surface area contributed by atoms with Crippen molar-refractivity contribution in [2.75, 3.05) is 0 Å². The molecule has 0 radical (unpaired) electrons. The van der Waals surface area contributed by atoms with Gasteiger partial charge < -0.3 is 9.73 Å².